The van der Waals surface area contributed by atoms with Gasteiger partial charge in [0.15, 0.2) is 0 Å². The number of carbonyl (C=O) groups is 1. The van der Waals surface area contributed by atoms with Crippen LogP contribution in [0, 0.1) is 0 Å². The number of benzene rings is 1. The predicted octanol–water partition coefficient (Wildman–Crippen LogP) is 2.66. The van der Waals surface area contributed by atoms with Crippen LogP contribution in [0.4, 0.5) is 17.2 Å². The molecule has 0 aliphatic heterocycles. The highest BCUT2D eigenvalue weighted by molar-refractivity contribution is 7.92. The van der Waals surface area contributed by atoms with E-state index in [1.54, 1.807) is 18.3 Å². The van der Waals surface area contributed by atoms with Crippen molar-refractivity contribution in [3.05, 3.63) is 42.6 Å². The van der Waals surface area contributed by atoms with Crippen LogP contribution in [0.25, 0.3) is 0 Å². The van der Waals surface area contributed by atoms with E-state index in [0.717, 1.165) is 5.69 Å². The van der Waals surface area contributed by atoms with Gasteiger partial charge in [0.05, 0.1) is 16.8 Å². The van der Waals surface area contributed by atoms with Gasteiger partial charge in [0.25, 0.3) is 10.0 Å². The van der Waals surface area contributed by atoms with Gasteiger partial charge in [-0.25, -0.2) is 13.4 Å². The van der Waals surface area contributed by atoms with Crippen molar-refractivity contribution >= 4 is 33.1 Å². The van der Waals surface area contributed by atoms with Gasteiger partial charge in [-0.2, -0.15) is 0 Å². The number of sulfonamides is 1. The van der Waals surface area contributed by atoms with Crippen LogP contribution in [0.1, 0.15) is 20.8 Å². The Morgan fingerprint density at radius 3 is 2.17 bits per heavy atom. The number of amides is 1. The van der Waals surface area contributed by atoms with Gasteiger partial charge in [-0.15, -0.1) is 0 Å². The van der Waals surface area contributed by atoms with Crippen LogP contribution >= 0.6 is 0 Å². The van der Waals surface area contributed by atoms with E-state index in [1.807, 2.05) is 13.8 Å². The molecule has 0 spiro atoms. The maximum atomic E-state index is 12.3. The number of aromatic nitrogens is 1. The molecule has 0 saturated heterocycles. The molecule has 0 saturated carbocycles. The minimum absolute atomic E-state index is 0.0859. The Balaban J connectivity index is 2.11. The van der Waals surface area contributed by atoms with Crippen molar-refractivity contribution in [2.45, 2.75) is 31.7 Å². The smallest absolute Gasteiger partial charge is 0.263 e. The zero-order valence-corrected chi connectivity index (χ0v) is 14.5. The van der Waals surface area contributed by atoms with Gasteiger partial charge in [-0.05, 0) is 50.2 Å². The zero-order chi connectivity index (χ0) is 17.7. The average molecular weight is 348 g/mol. The molecular formula is C16H20N4O3S. The Hall–Kier alpha value is -2.61. The molecule has 1 amide bonds. The lowest BCUT2D eigenvalue weighted by Gasteiger charge is -2.11. The predicted molar refractivity (Wildman–Crippen MR) is 94.5 cm³/mol. The molecular weight excluding hydrogens is 328 g/mol. The van der Waals surface area contributed by atoms with E-state index in [9.17, 15) is 13.2 Å². The average Bonchev–Trinajstić information content (AvgIpc) is 2.48. The Morgan fingerprint density at radius 2 is 1.67 bits per heavy atom. The molecule has 8 heteroatoms. The number of carbonyl (C=O) groups excluding carboxylic acids is 1. The standard InChI is InChI=1S/C16H20N4O3S/c1-11(2)18-14-6-9-16(17-10-14)20-24(22,23)15-7-4-13(5-8-15)19-12(3)21/h4-11,18H,1-3H3,(H,17,20)(H,19,21). The first-order valence-corrected chi connectivity index (χ1v) is 8.87. The molecule has 7 nitrogen and oxygen atoms in total. The molecule has 0 aliphatic rings. The van der Waals surface area contributed by atoms with Crippen LogP contribution in [0.3, 0.4) is 0 Å². The van der Waals surface area contributed by atoms with Gasteiger partial charge in [0, 0.05) is 18.7 Å². The lowest BCUT2D eigenvalue weighted by Crippen LogP contribution is -2.15. The van der Waals surface area contributed by atoms with E-state index >= 15 is 0 Å². The van der Waals surface area contributed by atoms with Crippen molar-refractivity contribution in [1.82, 2.24) is 4.98 Å². The molecule has 2 rings (SSSR count). The Bertz CT molecular complexity index is 800. The highest BCUT2D eigenvalue weighted by atomic mass is 32.2. The molecule has 3 N–H and O–H groups in total. The topological polar surface area (TPSA) is 100 Å². The first kappa shape index (κ1) is 17.7. The van der Waals surface area contributed by atoms with Gasteiger partial charge in [0.2, 0.25) is 5.91 Å². The van der Waals surface area contributed by atoms with Crippen LogP contribution < -0.4 is 15.4 Å². The van der Waals surface area contributed by atoms with E-state index in [0.29, 0.717) is 5.69 Å². The fourth-order valence-electron chi connectivity index (χ4n) is 1.99. The fraction of sp³-hybridized carbons (Fsp3) is 0.250. The number of pyridine rings is 1. The summed E-state index contributed by atoms with van der Waals surface area (Å²) in [4.78, 5) is 15.2. The Labute approximate surface area is 141 Å². The van der Waals surface area contributed by atoms with Crippen molar-refractivity contribution in [3.63, 3.8) is 0 Å². The lowest BCUT2D eigenvalue weighted by molar-refractivity contribution is -0.114. The van der Waals surface area contributed by atoms with Gasteiger partial charge >= 0.3 is 0 Å². The quantitative estimate of drug-likeness (QED) is 0.745. The Kier molecular flexibility index (Phi) is 5.40. The molecule has 1 aromatic heterocycles. The van der Waals surface area contributed by atoms with E-state index in [1.165, 1.54) is 31.2 Å². The normalized spacial score (nSPS) is 11.2. The van der Waals surface area contributed by atoms with Crippen LogP contribution in [0.15, 0.2) is 47.5 Å². The molecule has 2 aromatic rings. The second-order valence-electron chi connectivity index (χ2n) is 5.54. The SMILES string of the molecule is CC(=O)Nc1ccc(S(=O)(=O)Nc2ccc(NC(C)C)cn2)cc1. The highest BCUT2D eigenvalue weighted by Gasteiger charge is 2.14. The zero-order valence-electron chi connectivity index (χ0n) is 13.7. The third kappa shape index (κ3) is 4.95. The minimum atomic E-state index is -3.74. The van der Waals surface area contributed by atoms with Gasteiger partial charge in [-0.3, -0.25) is 9.52 Å². The van der Waals surface area contributed by atoms with Crippen LogP contribution in [-0.4, -0.2) is 25.4 Å². The van der Waals surface area contributed by atoms with E-state index in [2.05, 4.69) is 20.3 Å². The summed E-state index contributed by atoms with van der Waals surface area (Å²) in [5.74, 6) is 0.0123. The van der Waals surface area contributed by atoms with Crippen LogP contribution in [0.5, 0.6) is 0 Å². The van der Waals surface area contributed by atoms with Gasteiger partial charge < -0.3 is 10.6 Å². The first-order chi connectivity index (χ1) is 11.3. The van der Waals surface area contributed by atoms with Gasteiger partial charge in [-0.1, -0.05) is 0 Å². The second-order valence-corrected chi connectivity index (χ2v) is 7.22. The van der Waals surface area contributed by atoms with Crippen molar-refractivity contribution in [1.29, 1.82) is 0 Å². The summed E-state index contributed by atoms with van der Waals surface area (Å²) in [7, 11) is -3.74. The summed E-state index contributed by atoms with van der Waals surface area (Å²) in [5.41, 5.74) is 1.34. The molecule has 1 heterocycles. The highest BCUT2D eigenvalue weighted by Crippen LogP contribution is 2.18. The summed E-state index contributed by atoms with van der Waals surface area (Å²) in [6.07, 6.45) is 1.57. The van der Waals surface area contributed by atoms with Crippen molar-refractivity contribution in [2.75, 3.05) is 15.4 Å². The second kappa shape index (κ2) is 7.31. The Morgan fingerprint density at radius 1 is 1.04 bits per heavy atom. The van der Waals surface area contributed by atoms with Crippen LogP contribution in [-0.2, 0) is 14.8 Å². The molecule has 0 unspecified atom stereocenters. The molecule has 0 radical (unpaired) electrons. The van der Waals surface area contributed by atoms with Crippen molar-refractivity contribution in [3.8, 4) is 0 Å². The van der Waals surface area contributed by atoms with Crippen molar-refractivity contribution in [2.24, 2.45) is 0 Å². The molecule has 1 aromatic carbocycles. The molecule has 0 aliphatic carbocycles. The number of rotatable bonds is 6. The molecule has 24 heavy (non-hydrogen) atoms. The van der Waals surface area contributed by atoms with Crippen molar-refractivity contribution < 1.29 is 13.2 Å². The number of hydrogen-bond donors (Lipinski definition) is 3. The molecule has 0 bridgehead atoms. The molecule has 128 valence electrons. The van der Waals surface area contributed by atoms with Gasteiger partial charge in [0.1, 0.15) is 5.82 Å². The summed E-state index contributed by atoms with van der Waals surface area (Å²) < 4.78 is 27.1. The molecule has 0 atom stereocenters. The number of nitrogens with zero attached hydrogens (tertiary/aromatic N) is 1. The van der Waals surface area contributed by atoms with E-state index < -0.39 is 10.0 Å². The number of hydrogen-bond acceptors (Lipinski definition) is 5. The third-order valence-corrected chi connectivity index (χ3v) is 4.31. The maximum Gasteiger partial charge on any atom is 0.263 e. The summed E-state index contributed by atoms with van der Waals surface area (Å²) in [6.45, 7) is 5.39. The largest absolute Gasteiger partial charge is 0.382 e. The maximum absolute atomic E-state index is 12.3. The monoisotopic (exact) mass is 348 g/mol. The first-order valence-electron chi connectivity index (χ1n) is 7.39. The van der Waals surface area contributed by atoms with E-state index in [4.69, 9.17) is 0 Å². The molecule has 0 fully saturated rings. The minimum Gasteiger partial charge on any atom is -0.382 e. The number of nitrogens with one attached hydrogen (secondary N) is 3. The third-order valence-electron chi connectivity index (χ3n) is 2.94. The van der Waals surface area contributed by atoms with Crippen LogP contribution in [0.2, 0.25) is 0 Å². The summed E-state index contributed by atoms with van der Waals surface area (Å²) in [5, 5.41) is 5.76. The summed E-state index contributed by atoms with van der Waals surface area (Å²) in [6, 6.07) is 9.50. The fourth-order valence-corrected chi connectivity index (χ4v) is 3.00. The number of anilines is 3. The lowest BCUT2D eigenvalue weighted by atomic mass is 10.3. The summed E-state index contributed by atoms with van der Waals surface area (Å²) >= 11 is 0. The van der Waals surface area contributed by atoms with E-state index in [-0.39, 0.29) is 22.7 Å².